The van der Waals surface area contributed by atoms with Crippen LogP contribution in [-0.2, 0) is 11.3 Å². The molecule has 94 valence electrons. The molecule has 0 spiro atoms. The Morgan fingerprint density at radius 3 is 2.71 bits per heavy atom. The zero-order chi connectivity index (χ0) is 13.0. The number of carbonyl (C=O) groups is 1. The van der Waals surface area contributed by atoms with Gasteiger partial charge in [0.2, 0.25) is 0 Å². The molecule has 5 heteroatoms. The lowest BCUT2D eigenvalue weighted by Gasteiger charge is -2.21. The quantitative estimate of drug-likeness (QED) is 0.810. The molecule has 0 fully saturated rings. The van der Waals surface area contributed by atoms with E-state index in [1.165, 1.54) is 7.11 Å². The standard InChI is InChI=1S/C12H17NO4/c1-8(12(15)16)13(2)7-9-5-4-6-10(17-3)11(9)14/h4-6,8,14H,7H2,1-3H3,(H,15,16). The molecular weight excluding hydrogens is 222 g/mol. The van der Waals surface area contributed by atoms with Crippen molar-refractivity contribution in [1.29, 1.82) is 0 Å². The second-order valence-electron chi connectivity index (χ2n) is 3.90. The molecule has 0 amide bonds. The van der Waals surface area contributed by atoms with Crippen LogP contribution in [0.2, 0.25) is 0 Å². The summed E-state index contributed by atoms with van der Waals surface area (Å²) < 4.78 is 4.99. The first-order valence-electron chi connectivity index (χ1n) is 5.25. The smallest absolute Gasteiger partial charge is 0.320 e. The van der Waals surface area contributed by atoms with Crippen LogP contribution in [0.15, 0.2) is 18.2 Å². The Balaban J connectivity index is 2.85. The van der Waals surface area contributed by atoms with Crippen LogP contribution in [0, 0.1) is 0 Å². The lowest BCUT2D eigenvalue weighted by atomic mass is 10.1. The van der Waals surface area contributed by atoms with Crippen LogP contribution in [0.4, 0.5) is 0 Å². The molecule has 0 radical (unpaired) electrons. The zero-order valence-electron chi connectivity index (χ0n) is 10.2. The first-order chi connectivity index (χ1) is 7.97. The number of rotatable bonds is 5. The van der Waals surface area contributed by atoms with Crippen LogP contribution in [0.5, 0.6) is 11.5 Å². The number of carboxylic acids is 1. The van der Waals surface area contributed by atoms with Crippen molar-refractivity contribution in [2.75, 3.05) is 14.2 Å². The molecule has 0 aliphatic heterocycles. The average Bonchev–Trinajstić information content (AvgIpc) is 2.30. The number of aliphatic carboxylic acids is 1. The summed E-state index contributed by atoms with van der Waals surface area (Å²) in [6.45, 7) is 1.94. The molecular formula is C12H17NO4. The number of likely N-dealkylation sites (N-methyl/N-ethyl adjacent to an activating group) is 1. The highest BCUT2D eigenvalue weighted by Crippen LogP contribution is 2.30. The molecule has 1 aromatic carbocycles. The lowest BCUT2D eigenvalue weighted by Crippen LogP contribution is -2.35. The van der Waals surface area contributed by atoms with Crippen molar-refractivity contribution in [3.63, 3.8) is 0 Å². The number of ether oxygens (including phenoxy) is 1. The molecule has 0 bridgehead atoms. The molecule has 0 aliphatic rings. The highest BCUT2D eigenvalue weighted by Gasteiger charge is 2.18. The van der Waals surface area contributed by atoms with Crippen LogP contribution in [0.25, 0.3) is 0 Å². The number of carboxylic acid groups (broad SMARTS) is 1. The van der Waals surface area contributed by atoms with Gasteiger partial charge in [-0.15, -0.1) is 0 Å². The summed E-state index contributed by atoms with van der Waals surface area (Å²) in [6.07, 6.45) is 0. The van der Waals surface area contributed by atoms with Gasteiger partial charge in [0, 0.05) is 12.1 Å². The lowest BCUT2D eigenvalue weighted by molar-refractivity contribution is -0.142. The predicted octanol–water partition coefficient (Wildman–Crippen LogP) is 1.31. The van der Waals surface area contributed by atoms with Crippen molar-refractivity contribution in [1.82, 2.24) is 4.90 Å². The largest absolute Gasteiger partial charge is 0.504 e. The molecule has 0 saturated carbocycles. The van der Waals surface area contributed by atoms with Crippen molar-refractivity contribution >= 4 is 5.97 Å². The van der Waals surface area contributed by atoms with E-state index >= 15 is 0 Å². The molecule has 0 heterocycles. The van der Waals surface area contributed by atoms with Crippen molar-refractivity contribution < 1.29 is 19.7 Å². The number of benzene rings is 1. The van der Waals surface area contributed by atoms with Crippen LogP contribution < -0.4 is 4.74 Å². The predicted molar refractivity (Wildman–Crippen MR) is 63.2 cm³/mol. The number of aromatic hydroxyl groups is 1. The monoisotopic (exact) mass is 239 g/mol. The maximum Gasteiger partial charge on any atom is 0.320 e. The molecule has 2 N–H and O–H groups in total. The number of methoxy groups -OCH3 is 1. The van der Waals surface area contributed by atoms with E-state index in [1.807, 2.05) is 0 Å². The fourth-order valence-electron chi connectivity index (χ4n) is 1.45. The van der Waals surface area contributed by atoms with E-state index < -0.39 is 12.0 Å². The summed E-state index contributed by atoms with van der Waals surface area (Å²) in [6, 6.07) is 4.54. The summed E-state index contributed by atoms with van der Waals surface area (Å²) in [5.74, 6) is -0.451. The Labute approximate surface area is 100 Å². The Morgan fingerprint density at radius 1 is 1.53 bits per heavy atom. The first-order valence-corrected chi connectivity index (χ1v) is 5.25. The number of hydrogen-bond donors (Lipinski definition) is 2. The van der Waals surface area contributed by atoms with Crippen LogP contribution in [-0.4, -0.2) is 41.3 Å². The van der Waals surface area contributed by atoms with E-state index in [-0.39, 0.29) is 5.75 Å². The topological polar surface area (TPSA) is 70.0 Å². The summed E-state index contributed by atoms with van der Waals surface area (Å²) in [5.41, 5.74) is 0.639. The summed E-state index contributed by atoms with van der Waals surface area (Å²) in [4.78, 5) is 12.4. The third-order valence-electron chi connectivity index (χ3n) is 2.74. The Bertz CT molecular complexity index is 405. The van der Waals surface area contributed by atoms with Gasteiger partial charge in [-0.05, 0) is 20.0 Å². The number of phenols is 1. The summed E-state index contributed by atoms with van der Waals surface area (Å²) in [5, 5.41) is 18.7. The number of phenolic OH excluding ortho intramolecular Hbond substituents is 1. The van der Waals surface area contributed by atoms with Gasteiger partial charge >= 0.3 is 5.97 Å². The van der Waals surface area contributed by atoms with Gasteiger partial charge in [-0.25, -0.2) is 0 Å². The third kappa shape index (κ3) is 3.10. The van der Waals surface area contributed by atoms with Crippen LogP contribution >= 0.6 is 0 Å². The highest BCUT2D eigenvalue weighted by atomic mass is 16.5. The summed E-state index contributed by atoms with van der Waals surface area (Å²) in [7, 11) is 3.17. The van der Waals surface area contributed by atoms with Crippen molar-refractivity contribution in [3.05, 3.63) is 23.8 Å². The van der Waals surface area contributed by atoms with Crippen molar-refractivity contribution in [2.24, 2.45) is 0 Å². The van der Waals surface area contributed by atoms with Gasteiger partial charge in [0.25, 0.3) is 0 Å². The fourth-order valence-corrected chi connectivity index (χ4v) is 1.45. The summed E-state index contributed by atoms with van der Waals surface area (Å²) >= 11 is 0. The van der Waals surface area contributed by atoms with Gasteiger partial charge < -0.3 is 14.9 Å². The molecule has 0 aliphatic carbocycles. The van der Waals surface area contributed by atoms with Gasteiger partial charge in [-0.1, -0.05) is 12.1 Å². The molecule has 1 rings (SSSR count). The van der Waals surface area contributed by atoms with E-state index in [1.54, 1.807) is 37.1 Å². The minimum atomic E-state index is -0.894. The average molecular weight is 239 g/mol. The van der Waals surface area contributed by atoms with Crippen molar-refractivity contribution in [3.8, 4) is 11.5 Å². The van der Waals surface area contributed by atoms with E-state index in [2.05, 4.69) is 0 Å². The number of para-hydroxylation sites is 1. The minimum Gasteiger partial charge on any atom is -0.504 e. The molecule has 17 heavy (non-hydrogen) atoms. The minimum absolute atomic E-state index is 0.0550. The van der Waals surface area contributed by atoms with Gasteiger partial charge in [0.1, 0.15) is 6.04 Å². The molecule has 1 atom stereocenters. The van der Waals surface area contributed by atoms with E-state index in [9.17, 15) is 9.90 Å². The van der Waals surface area contributed by atoms with E-state index in [0.29, 0.717) is 17.9 Å². The molecule has 5 nitrogen and oxygen atoms in total. The molecule has 1 aromatic rings. The maximum atomic E-state index is 10.8. The highest BCUT2D eigenvalue weighted by molar-refractivity contribution is 5.72. The molecule has 1 unspecified atom stereocenters. The Hall–Kier alpha value is -1.75. The van der Waals surface area contributed by atoms with E-state index in [0.717, 1.165) is 0 Å². The third-order valence-corrected chi connectivity index (χ3v) is 2.74. The molecule has 0 saturated heterocycles. The van der Waals surface area contributed by atoms with E-state index in [4.69, 9.17) is 9.84 Å². The molecule has 0 aromatic heterocycles. The Kier molecular flexibility index (Phi) is 4.34. The van der Waals surface area contributed by atoms with Crippen LogP contribution in [0.1, 0.15) is 12.5 Å². The number of hydrogen-bond acceptors (Lipinski definition) is 4. The van der Waals surface area contributed by atoms with Gasteiger partial charge in [0.05, 0.1) is 7.11 Å². The van der Waals surface area contributed by atoms with Gasteiger partial charge in [0.15, 0.2) is 11.5 Å². The zero-order valence-corrected chi connectivity index (χ0v) is 10.2. The van der Waals surface area contributed by atoms with Gasteiger partial charge in [-0.2, -0.15) is 0 Å². The fraction of sp³-hybridized carbons (Fsp3) is 0.417. The van der Waals surface area contributed by atoms with Gasteiger partial charge in [-0.3, -0.25) is 9.69 Å². The number of nitrogens with zero attached hydrogens (tertiary/aromatic N) is 1. The van der Waals surface area contributed by atoms with Crippen molar-refractivity contribution in [2.45, 2.75) is 19.5 Å². The second kappa shape index (κ2) is 5.54. The first kappa shape index (κ1) is 13.3. The maximum absolute atomic E-state index is 10.8. The normalized spacial score (nSPS) is 12.5. The Morgan fingerprint density at radius 2 is 2.18 bits per heavy atom. The van der Waals surface area contributed by atoms with Crippen LogP contribution in [0.3, 0.4) is 0 Å². The second-order valence-corrected chi connectivity index (χ2v) is 3.90. The SMILES string of the molecule is COc1cccc(CN(C)C(C)C(=O)O)c1O.